The van der Waals surface area contributed by atoms with Crippen LogP contribution in [0.3, 0.4) is 0 Å². The summed E-state index contributed by atoms with van der Waals surface area (Å²) in [6, 6.07) is 7.38. The number of aryl methyl sites for hydroxylation is 1. The van der Waals surface area contributed by atoms with Gasteiger partial charge in [0.25, 0.3) is 0 Å². The van der Waals surface area contributed by atoms with E-state index in [0.29, 0.717) is 10.2 Å². The molecule has 2 rings (SSSR count). The number of amides is 1. The van der Waals surface area contributed by atoms with Crippen LogP contribution in [0.25, 0.3) is 11.3 Å². The van der Waals surface area contributed by atoms with Crippen molar-refractivity contribution in [3.8, 4) is 11.3 Å². The second kappa shape index (κ2) is 7.57. The molecule has 0 aliphatic rings. The molecule has 0 fully saturated rings. The third-order valence-corrected chi connectivity index (χ3v) is 4.32. The number of benzene rings is 1. The molecule has 0 aliphatic carbocycles. The van der Waals surface area contributed by atoms with Crippen molar-refractivity contribution in [2.45, 2.75) is 26.7 Å². The summed E-state index contributed by atoms with van der Waals surface area (Å²) in [5.41, 5.74) is 1.68. The first-order valence-electron chi connectivity index (χ1n) is 7.10. The summed E-state index contributed by atoms with van der Waals surface area (Å²) in [5.74, 6) is -1.36. The van der Waals surface area contributed by atoms with Gasteiger partial charge in [-0.25, -0.2) is 4.98 Å². The summed E-state index contributed by atoms with van der Waals surface area (Å²) >= 11 is 7.38. The van der Waals surface area contributed by atoms with Gasteiger partial charge in [-0.3, -0.25) is 9.59 Å². The molecular formula is C16H17ClN2O3S. The van der Waals surface area contributed by atoms with E-state index in [9.17, 15) is 9.59 Å². The Labute approximate surface area is 143 Å². The van der Waals surface area contributed by atoms with E-state index in [4.69, 9.17) is 16.7 Å². The van der Waals surface area contributed by atoms with Crippen LogP contribution in [0.15, 0.2) is 24.3 Å². The maximum atomic E-state index is 12.0. The van der Waals surface area contributed by atoms with Crippen LogP contribution in [0.2, 0.25) is 5.02 Å². The van der Waals surface area contributed by atoms with Crippen molar-refractivity contribution in [3.05, 3.63) is 34.2 Å². The van der Waals surface area contributed by atoms with E-state index in [1.54, 1.807) is 13.0 Å². The number of carboxylic acids is 1. The van der Waals surface area contributed by atoms with Gasteiger partial charge in [0.1, 0.15) is 0 Å². The monoisotopic (exact) mass is 352 g/mol. The largest absolute Gasteiger partial charge is 0.481 e. The minimum absolute atomic E-state index is 0.0297. The van der Waals surface area contributed by atoms with Crippen LogP contribution in [-0.2, 0) is 9.59 Å². The van der Waals surface area contributed by atoms with Gasteiger partial charge >= 0.3 is 5.97 Å². The fourth-order valence-corrected chi connectivity index (χ4v) is 3.25. The molecule has 5 nitrogen and oxygen atoms in total. The number of carboxylic acid groups (broad SMARTS) is 1. The highest BCUT2D eigenvalue weighted by atomic mass is 35.5. The number of aromatic nitrogens is 1. The second-order valence-electron chi connectivity index (χ2n) is 5.39. The number of carbonyl (C=O) groups is 2. The number of nitrogens with one attached hydrogen (secondary N) is 1. The molecule has 1 amide bonds. The summed E-state index contributed by atoms with van der Waals surface area (Å²) in [7, 11) is 0. The maximum Gasteiger partial charge on any atom is 0.303 e. The van der Waals surface area contributed by atoms with Crippen molar-refractivity contribution < 1.29 is 14.7 Å². The van der Waals surface area contributed by atoms with E-state index in [1.807, 2.05) is 25.1 Å². The normalized spacial score (nSPS) is 12.0. The van der Waals surface area contributed by atoms with Crippen molar-refractivity contribution in [3.63, 3.8) is 0 Å². The number of carbonyl (C=O) groups excluding carboxylic acids is 1. The van der Waals surface area contributed by atoms with Gasteiger partial charge < -0.3 is 10.4 Å². The molecule has 1 atom stereocenters. The molecule has 2 N–H and O–H groups in total. The summed E-state index contributed by atoms with van der Waals surface area (Å²) in [6.45, 7) is 3.66. The molecule has 0 spiro atoms. The Kier molecular flexibility index (Phi) is 5.74. The van der Waals surface area contributed by atoms with Crippen molar-refractivity contribution in [1.82, 2.24) is 4.98 Å². The van der Waals surface area contributed by atoms with Gasteiger partial charge in [0.05, 0.1) is 5.69 Å². The van der Waals surface area contributed by atoms with Gasteiger partial charge in [0.15, 0.2) is 5.13 Å². The van der Waals surface area contributed by atoms with Gasteiger partial charge in [-0.2, -0.15) is 0 Å². The van der Waals surface area contributed by atoms with Crippen LogP contribution >= 0.6 is 22.9 Å². The Balaban J connectivity index is 2.06. The summed E-state index contributed by atoms with van der Waals surface area (Å²) in [5, 5.41) is 12.6. The molecule has 1 unspecified atom stereocenters. The zero-order valence-electron chi connectivity index (χ0n) is 12.8. The third kappa shape index (κ3) is 5.04. The van der Waals surface area contributed by atoms with Crippen LogP contribution in [0, 0.1) is 12.8 Å². The number of rotatable bonds is 6. The zero-order chi connectivity index (χ0) is 17.0. The molecule has 7 heteroatoms. The highest BCUT2D eigenvalue weighted by molar-refractivity contribution is 7.16. The third-order valence-electron chi connectivity index (χ3n) is 3.20. The summed E-state index contributed by atoms with van der Waals surface area (Å²) < 4.78 is 0. The van der Waals surface area contributed by atoms with E-state index in [1.165, 1.54) is 11.3 Å². The Morgan fingerprint density at radius 2 is 2.13 bits per heavy atom. The maximum absolute atomic E-state index is 12.0. The first-order chi connectivity index (χ1) is 10.8. The Bertz CT molecular complexity index is 730. The molecule has 23 heavy (non-hydrogen) atoms. The summed E-state index contributed by atoms with van der Waals surface area (Å²) in [6.07, 6.45) is 0.121. The van der Waals surface area contributed by atoms with Crippen LogP contribution < -0.4 is 5.32 Å². The van der Waals surface area contributed by atoms with Gasteiger partial charge in [0.2, 0.25) is 5.91 Å². The number of nitrogens with zero attached hydrogens (tertiary/aromatic N) is 1. The molecular weight excluding hydrogens is 336 g/mol. The predicted octanol–water partition coefficient (Wildman–Crippen LogP) is 4.21. The quantitative estimate of drug-likeness (QED) is 0.816. The van der Waals surface area contributed by atoms with Crippen LogP contribution in [0.1, 0.15) is 24.6 Å². The molecule has 0 saturated carbocycles. The SMILES string of the molecule is Cc1sc(NC(=O)CC(C)CC(=O)O)nc1-c1cccc(Cl)c1. The smallest absolute Gasteiger partial charge is 0.303 e. The van der Waals surface area contributed by atoms with E-state index < -0.39 is 5.97 Å². The zero-order valence-corrected chi connectivity index (χ0v) is 14.4. The second-order valence-corrected chi connectivity index (χ2v) is 7.03. The Morgan fingerprint density at radius 3 is 2.78 bits per heavy atom. The average molecular weight is 353 g/mol. The molecule has 0 bridgehead atoms. The molecule has 0 radical (unpaired) electrons. The van der Waals surface area contributed by atoms with E-state index in [0.717, 1.165) is 16.1 Å². The minimum Gasteiger partial charge on any atom is -0.481 e. The highest BCUT2D eigenvalue weighted by Gasteiger charge is 2.15. The molecule has 122 valence electrons. The van der Waals surface area contributed by atoms with Gasteiger partial charge in [-0.15, -0.1) is 11.3 Å². The topological polar surface area (TPSA) is 79.3 Å². The number of halogens is 1. The molecule has 2 aromatic rings. The van der Waals surface area contributed by atoms with Crippen molar-refractivity contribution in [2.75, 3.05) is 5.32 Å². The van der Waals surface area contributed by atoms with Crippen LogP contribution in [0.4, 0.5) is 5.13 Å². The van der Waals surface area contributed by atoms with E-state index >= 15 is 0 Å². The average Bonchev–Trinajstić information content (AvgIpc) is 2.78. The Morgan fingerprint density at radius 1 is 1.39 bits per heavy atom. The fraction of sp³-hybridized carbons (Fsp3) is 0.312. The molecule has 0 saturated heterocycles. The van der Waals surface area contributed by atoms with Crippen molar-refractivity contribution >= 4 is 39.9 Å². The van der Waals surface area contributed by atoms with Gasteiger partial charge in [-0.05, 0) is 25.0 Å². The number of thiazole rings is 1. The fourth-order valence-electron chi connectivity index (χ4n) is 2.21. The summed E-state index contributed by atoms with van der Waals surface area (Å²) in [4.78, 5) is 28.0. The number of anilines is 1. The Hall–Kier alpha value is -1.92. The number of hydrogen-bond acceptors (Lipinski definition) is 4. The lowest BCUT2D eigenvalue weighted by molar-refractivity contribution is -0.138. The lowest BCUT2D eigenvalue weighted by Crippen LogP contribution is -2.16. The van der Waals surface area contributed by atoms with Crippen LogP contribution in [-0.4, -0.2) is 22.0 Å². The molecule has 1 heterocycles. The van der Waals surface area contributed by atoms with Crippen molar-refractivity contribution in [2.24, 2.45) is 5.92 Å². The predicted molar refractivity (Wildman–Crippen MR) is 92.0 cm³/mol. The lowest BCUT2D eigenvalue weighted by atomic mass is 10.0. The van der Waals surface area contributed by atoms with E-state index in [-0.39, 0.29) is 24.7 Å². The lowest BCUT2D eigenvalue weighted by Gasteiger charge is -2.07. The highest BCUT2D eigenvalue weighted by Crippen LogP contribution is 2.31. The van der Waals surface area contributed by atoms with E-state index in [2.05, 4.69) is 10.3 Å². The van der Waals surface area contributed by atoms with Gasteiger partial charge in [-0.1, -0.05) is 30.7 Å². The van der Waals surface area contributed by atoms with Crippen LogP contribution in [0.5, 0.6) is 0 Å². The molecule has 1 aromatic heterocycles. The molecule has 1 aromatic carbocycles. The van der Waals surface area contributed by atoms with Gasteiger partial charge in [0, 0.05) is 28.3 Å². The standard InChI is InChI=1S/C16H17ClN2O3S/c1-9(7-14(21)22)6-13(20)18-16-19-15(10(2)23-16)11-4-3-5-12(17)8-11/h3-5,8-9H,6-7H2,1-2H3,(H,21,22)(H,18,19,20). The first kappa shape index (κ1) is 17.4. The number of aliphatic carboxylic acids is 1. The minimum atomic E-state index is -0.904. The number of hydrogen-bond donors (Lipinski definition) is 2. The first-order valence-corrected chi connectivity index (χ1v) is 8.29. The van der Waals surface area contributed by atoms with Crippen molar-refractivity contribution in [1.29, 1.82) is 0 Å². The molecule has 0 aliphatic heterocycles.